The van der Waals surface area contributed by atoms with Crippen LogP contribution in [0.4, 0.5) is 0 Å². The molecule has 1 aliphatic carbocycles. The summed E-state index contributed by atoms with van der Waals surface area (Å²) in [6.07, 6.45) is 8.87. The number of nitrogens with one attached hydrogen (secondary N) is 1. The predicted molar refractivity (Wildman–Crippen MR) is 103 cm³/mol. The van der Waals surface area contributed by atoms with E-state index in [1.165, 1.54) is 4.90 Å². The fourth-order valence-corrected chi connectivity index (χ4v) is 4.59. The van der Waals surface area contributed by atoms with Crippen LogP contribution in [0.5, 0.6) is 11.6 Å². The third-order valence-corrected chi connectivity index (χ3v) is 6.12. The lowest BCUT2D eigenvalue weighted by Gasteiger charge is -2.37. The Morgan fingerprint density at radius 1 is 1.18 bits per heavy atom. The molecule has 1 saturated heterocycles. The molecule has 3 aliphatic rings. The van der Waals surface area contributed by atoms with Gasteiger partial charge in [0.2, 0.25) is 11.8 Å². The van der Waals surface area contributed by atoms with E-state index in [9.17, 15) is 9.59 Å². The van der Waals surface area contributed by atoms with Crippen molar-refractivity contribution in [2.75, 3.05) is 26.2 Å². The Labute approximate surface area is 165 Å². The summed E-state index contributed by atoms with van der Waals surface area (Å²) in [6, 6.07) is 3.68. The Bertz CT molecular complexity index is 697. The second kappa shape index (κ2) is 8.47. The van der Waals surface area contributed by atoms with E-state index in [4.69, 9.17) is 9.47 Å². The van der Waals surface area contributed by atoms with Gasteiger partial charge in [0.25, 0.3) is 5.88 Å². The summed E-state index contributed by atoms with van der Waals surface area (Å²) in [7, 11) is 0. The van der Waals surface area contributed by atoms with Crippen LogP contribution >= 0.6 is 0 Å². The lowest BCUT2D eigenvalue weighted by Crippen LogP contribution is -2.47. The van der Waals surface area contributed by atoms with Gasteiger partial charge >= 0.3 is 0 Å². The molecule has 2 amide bonds. The molecule has 7 heteroatoms. The average Bonchev–Trinajstić information content (AvgIpc) is 3.13. The van der Waals surface area contributed by atoms with Gasteiger partial charge in [0.1, 0.15) is 12.7 Å². The Kier molecular flexibility index (Phi) is 5.80. The number of likely N-dealkylation sites (tertiary alicyclic amines) is 1. The van der Waals surface area contributed by atoms with Gasteiger partial charge in [-0.15, -0.1) is 0 Å². The molecule has 4 rings (SSSR count). The van der Waals surface area contributed by atoms with E-state index in [1.807, 2.05) is 12.1 Å². The van der Waals surface area contributed by atoms with Crippen LogP contribution in [0.25, 0.3) is 0 Å². The Hall–Kier alpha value is -2.15. The first kappa shape index (κ1) is 19.2. The lowest BCUT2D eigenvalue weighted by atomic mass is 9.76. The second-order valence-corrected chi connectivity index (χ2v) is 8.27. The number of imide groups is 1. The summed E-state index contributed by atoms with van der Waals surface area (Å²) in [5.41, 5.74) is -0.0121. The first-order valence-corrected chi connectivity index (χ1v) is 10.4. The summed E-state index contributed by atoms with van der Waals surface area (Å²) in [6.45, 7) is 2.54. The van der Waals surface area contributed by atoms with Crippen molar-refractivity contribution >= 4 is 11.8 Å². The summed E-state index contributed by atoms with van der Waals surface area (Å²) in [4.78, 5) is 30.6. The highest BCUT2D eigenvalue weighted by atomic mass is 16.6. The van der Waals surface area contributed by atoms with Gasteiger partial charge in [-0.2, -0.15) is 0 Å². The second-order valence-electron chi connectivity index (χ2n) is 8.27. The molecule has 28 heavy (non-hydrogen) atoms. The molecule has 1 aromatic rings. The molecule has 7 nitrogen and oxygen atoms in total. The summed E-state index contributed by atoms with van der Waals surface area (Å²) in [5, 5.41) is 3.36. The highest BCUT2D eigenvalue weighted by Gasteiger charge is 2.44. The van der Waals surface area contributed by atoms with E-state index in [0.717, 1.165) is 45.1 Å². The van der Waals surface area contributed by atoms with Gasteiger partial charge in [-0.05, 0) is 49.8 Å². The third-order valence-electron chi connectivity index (χ3n) is 6.12. The molecule has 0 aromatic carbocycles. The minimum absolute atomic E-state index is 0.0121. The SMILES string of the molecule is O=C1CC2(CCCC2)CC(=O)N1CCCCNCC1COc2cccnc2O1. The molecule has 1 spiro atoms. The zero-order chi connectivity index (χ0) is 19.4. The number of aromatic nitrogens is 1. The minimum atomic E-state index is -0.0600. The molecule has 1 N–H and O–H groups in total. The molecule has 1 aromatic heterocycles. The van der Waals surface area contributed by atoms with Gasteiger partial charge < -0.3 is 14.8 Å². The number of hydrogen-bond donors (Lipinski definition) is 1. The number of ether oxygens (including phenoxy) is 2. The van der Waals surface area contributed by atoms with Crippen molar-refractivity contribution in [1.29, 1.82) is 0 Å². The van der Waals surface area contributed by atoms with Gasteiger partial charge in [0, 0.05) is 32.1 Å². The molecular weight excluding hydrogens is 358 g/mol. The van der Waals surface area contributed by atoms with Crippen LogP contribution in [0, 0.1) is 5.41 Å². The van der Waals surface area contributed by atoms with Crippen LogP contribution in [0.1, 0.15) is 51.4 Å². The fraction of sp³-hybridized carbons (Fsp3) is 0.667. The van der Waals surface area contributed by atoms with Crippen molar-refractivity contribution < 1.29 is 19.1 Å². The van der Waals surface area contributed by atoms with Crippen molar-refractivity contribution in [2.24, 2.45) is 5.41 Å². The maximum absolute atomic E-state index is 12.4. The molecule has 1 saturated carbocycles. The van der Waals surface area contributed by atoms with Crippen molar-refractivity contribution in [2.45, 2.75) is 57.5 Å². The molecule has 1 unspecified atom stereocenters. The third kappa shape index (κ3) is 4.29. The van der Waals surface area contributed by atoms with Crippen LogP contribution in [0.3, 0.4) is 0 Å². The Balaban J connectivity index is 1.12. The number of piperidine rings is 1. The van der Waals surface area contributed by atoms with Crippen LogP contribution in [0.2, 0.25) is 0 Å². The van der Waals surface area contributed by atoms with E-state index < -0.39 is 0 Å². The summed E-state index contributed by atoms with van der Waals surface area (Å²) >= 11 is 0. The lowest BCUT2D eigenvalue weighted by molar-refractivity contribution is -0.153. The number of carbonyl (C=O) groups is 2. The van der Waals surface area contributed by atoms with Crippen LogP contribution in [0.15, 0.2) is 18.3 Å². The molecule has 2 aliphatic heterocycles. The Morgan fingerprint density at radius 3 is 2.75 bits per heavy atom. The molecule has 2 fully saturated rings. The number of unbranched alkanes of at least 4 members (excludes halogenated alkanes) is 1. The summed E-state index contributed by atoms with van der Waals surface area (Å²) < 4.78 is 11.5. The number of rotatable bonds is 7. The largest absolute Gasteiger partial charge is 0.484 e. The van der Waals surface area contributed by atoms with Gasteiger partial charge in [0.05, 0.1) is 0 Å². The number of fused-ring (bicyclic) bond motifs is 1. The van der Waals surface area contributed by atoms with Gasteiger partial charge in [-0.1, -0.05) is 12.8 Å². The molecule has 3 heterocycles. The predicted octanol–water partition coefficient (Wildman–Crippen LogP) is 2.30. The topological polar surface area (TPSA) is 80.8 Å². The number of nitrogens with zero attached hydrogens (tertiary/aromatic N) is 2. The highest BCUT2D eigenvalue weighted by molar-refractivity contribution is 5.98. The van der Waals surface area contributed by atoms with Crippen molar-refractivity contribution in [1.82, 2.24) is 15.2 Å². The first-order valence-electron chi connectivity index (χ1n) is 10.4. The van der Waals surface area contributed by atoms with E-state index in [2.05, 4.69) is 10.3 Å². The molecular formula is C21H29N3O4. The van der Waals surface area contributed by atoms with Gasteiger partial charge in [0.15, 0.2) is 5.75 Å². The van der Waals surface area contributed by atoms with E-state index >= 15 is 0 Å². The monoisotopic (exact) mass is 387 g/mol. The molecule has 152 valence electrons. The fourth-order valence-electron chi connectivity index (χ4n) is 4.59. The smallest absolute Gasteiger partial charge is 0.257 e. The molecule has 0 radical (unpaired) electrons. The number of pyridine rings is 1. The van der Waals surface area contributed by atoms with E-state index in [1.54, 1.807) is 6.20 Å². The number of amides is 2. The highest BCUT2D eigenvalue weighted by Crippen LogP contribution is 2.46. The Morgan fingerprint density at radius 2 is 1.96 bits per heavy atom. The normalized spacial score (nSPS) is 23.4. The van der Waals surface area contributed by atoms with Crippen LogP contribution in [-0.4, -0.2) is 54.0 Å². The van der Waals surface area contributed by atoms with E-state index in [0.29, 0.717) is 44.2 Å². The summed E-state index contributed by atoms with van der Waals surface area (Å²) in [5.74, 6) is 1.30. The van der Waals surface area contributed by atoms with Crippen molar-refractivity contribution in [3.8, 4) is 11.6 Å². The van der Waals surface area contributed by atoms with E-state index in [-0.39, 0.29) is 23.3 Å². The molecule has 1 atom stereocenters. The zero-order valence-electron chi connectivity index (χ0n) is 16.3. The van der Waals surface area contributed by atoms with Crippen molar-refractivity contribution in [3.63, 3.8) is 0 Å². The van der Waals surface area contributed by atoms with Crippen LogP contribution in [-0.2, 0) is 9.59 Å². The molecule has 0 bridgehead atoms. The average molecular weight is 387 g/mol. The minimum Gasteiger partial charge on any atom is -0.484 e. The number of hydrogen-bond acceptors (Lipinski definition) is 6. The quantitative estimate of drug-likeness (QED) is 0.571. The maximum Gasteiger partial charge on any atom is 0.257 e. The maximum atomic E-state index is 12.4. The number of carbonyl (C=O) groups excluding carboxylic acids is 2. The first-order chi connectivity index (χ1) is 13.7. The van der Waals surface area contributed by atoms with Gasteiger partial charge in [-0.25, -0.2) is 4.98 Å². The van der Waals surface area contributed by atoms with Crippen molar-refractivity contribution in [3.05, 3.63) is 18.3 Å². The van der Waals surface area contributed by atoms with Crippen LogP contribution < -0.4 is 14.8 Å². The van der Waals surface area contributed by atoms with Gasteiger partial charge in [-0.3, -0.25) is 14.5 Å². The zero-order valence-corrected chi connectivity index (χ0v) is 16.3. The standard InChI is InChI=1S/C21H29N3O4/c25-18-12-21(7-1-2-8-21)13-19(26)24(18)11-4-3-9-22-14-16-15-27-17-6-5-10-23-20(17)28-16/h5-6,10,16,22H,1-4,7-9,11-15H2.